The number of nitrogens with zero attached hydrogens (tertiary/aromatic N) is 1. The molecule has 1 heterocycles. The van der Waals surface area contributed by atoms with E-state index in [2.05, 4.69) is 9.71 Å². The maximum Gasteiger partial charge on any atom is 0.417 e. The topological polar surface area (TPSA) is 59.1 Å². The first kappa shape index (κ1) is 14.3. The Kier molecular flexibility index (Phi) is 3.67. The van der Waals surface area contributed by atoms with Gasteiger partial charge in [0.2, 0.25) is 0 Å². The highest BCUT2D eigenvalue weighted by atomic mass is 32.2. The summed E-state index contributed by atoms with van der Waals surface area (Å²) in [6.07, 6.45) is -4.07. The summed E-state index contributed by atoms with van der Waals surface area (Å²) in [7, 11) is -4.00. The Hall–Kier alpha value is -2.09. The van der Waals surface area contributed by atoms with Crippen molar-refractivity contribution in [3.8, 4) is 0 Å². The van der Waals surface area contributed by atoms with Crippen LogP contribution < -0.4 is 4.72 Å². The van der Waals surface area contributed by atoms with Crippen LogP contribution in [0.4, 0.5) is 18.9 Å². The Morgan fingerprint density at radius 3 is 2.15 bits per heavy atom. The lowest BCUT2D eigenvalue weighted by Crippen LogP contribution is -2.15. The fraction of sp³-hybridized carbons (Fsp3) is 0.0833. The van der Waals surface area contributed by atoms with Crippen LogP contribution in [-0.4, -0.2) is 13.4 Å². The molecule has 2 rings (SSSR count). The second kappa shape index (κ2) is 5.12. The first-order valence-electron chi connectivity index (χ1n) is 5.40. The third-order valence-electron chi connectivity index (χ3n) is 2.37. The zero-order valence-electron chi connectivity index (χ0n) is 9.92. The predicted molar refractivity (Wildman–Crippen MR) is 66.5 cm³/mol. The van der Waals surface area contributed by atoms with Crippen LogP contribution in [0.25, 0.3) is 0 Å². The lowest BCUT2D eigenvalue weighted by molar-refractivity contribution is -0.137. The molecule has 0 radical (unpaired) electrons. The normalized spacial score (nSPS) is 12.2. The minimum atomic E-state index is -4.55. The summed E-state index contributed by atoms with van der Waals surface area (Å²) in [5.74, 6) is 0. The van der Waals surface area contributed by atoms with Crippen molar-refractivity contribution in [1.82, 2.24) is 4.98 Å². The van der Waals surface area contributed by atoms with Gasteiger partial charge in [0.25, 0.3) is 10.0 Å². The number of aromatic nitrogens is 1. The number of nitrogens with one attached hydrogen (secondary N) is 1. The Morgan fingerprint density at radius 2 is 1.65 bits per heavy atom. The SMILES string of the molecule is O=S(=O)(Nc1ccccc1)c1ccc(C(F)(F)F)cn1. The minimum absolute atomic E-state index is 0.300. The standard InChI is InChI=1S/C12H9F3N2O2S/c13-12(14,15)9-6-7-11(16-8-9)20(18,19)17-10-4-2-1-3-5-10/h1-8,17H. The summed E-state index contributed by atoms with van der Waals surface area (Å²) >= 11 is 0. The van der Waals surface area contributed by atoms with Crippen molar-refractivity contribution in [3.63, 3.8) is 0 Å². The van der Waals surface area contributed by atoms with Gasteiger partial charge in [-0.2, -0.15) is 21.6 Å². The molecule has 2 aromatic rings. The largest absolute Gasteiger partial charge is 0.417 e. The quantitative estimate of drug-likeness (QED) is 0.948. The molecule has 0 spiro atoms. The van der Waals surface area contributed by atoms with Gasteiger partial charge in [-0.1, -0.05) is 18.2 Å². The summed E-state index contributed by atoms with van der Waals surface area (Å²) in [6, 6.07) is 9.47. The van der Waals surface area contributed by atoms with Crippen LogP contribution in [0.1, 0.15) is 5.56 Å². The number of hydrogen-bond acceptors (Lipinski definition) is 3. The Labute approximate surface area is 113 Å². The fourth-order valence-electron chi connectivity index (χ4n) is 1.42. The first-order chi connectivity index (χ1) is 9.29. The molecule has 106 valence electrons. The van der Waals surface area contributed by atoms with E-state index in [1.807, 2.05) is 0 Å². The molecular weight excluding hydrogens is 293 g/mol. The Balaban J connectivity index is 2.27. The van der Waals surface area contributed by atoms with Crippen molar-refractivity contribution in [2.75, 3.05) is 4.72 Å². The van der Waals surface area contributed by atoms with Gasteiger partial charge < -0.3 is 0 Å². The maximum atomic E-state index is 12.4. The van der Waals surface area contributed by atoms with Crippen LogP contribution in [0.5, 0.6) is 0 Å². The van der Waals surface area contributed by atoms with Gasteiger partial charge in [0, 0.05) is 11.9 Å². The maximum absolute atomic E-state index is 12.4. The molecule has 1 aromatic heterocycles. The smallest absolute Gasteiger partial charge is 0.278 e. The van der Waals surface area contributed by atoms with Gasteiger partial charge in [-0.3, -0.25) is 4.72 Å². The molecule has 8 heteroatoms. The average molecular weight is 302 g/mol. The lowest BCUT2D eigenvalue weighted by atomic mass is 10.3. The van der Waals surface area contributed by atoms with Crippen LogP contribution in [0.3, 0.4) is 0 Å². The predicted octanol–water partition coefficient (Wildman–Crippen LogP) is 2.90. The van der Waals surface area contributed by atoms with Crippen molar-refractivity contribution < 1.29 is 21.6 Å². The Morgan fingerprint density at radius 1 is 1.00 bits per heavy atom. The fourth-order valence-corrected chi connectivity index (χ4v) is 2.41. The van der Waals surface area contributed by atoms with Gasteiger partial charge >= 0.3 is 6.18 Å². The van der Waals surface area contributed by atoms with Gasteiger partial charge in [0.05, 0.1) is 5.56 Å². The molecule has 0 amide bonds. The zero-order valence-corrected chi connectivity index (χ0v) is 10.7. The molecule has 0 saturated carbocycles. The molecule has 0 fully saturated rings. The van der Waals surface area contributed by atoms with Crippen molar-refractivity contribution >= 4 is 15.7 Å². The molecule has 4 nitrogen and oxygen atoms in total. The molecule has 0 unspecified atom stereocenters. The number of para-hydroxylation sites is 1. The number of rotatable bonds is 3. The van der Waals surface area contributed by atoms with Crippen LogP contribution in [0.2, 0.25) is 0 Å². The summed E-state index contributed by atoms with van der Waals surface area (Å²) < 4.78 is 63.1. The number of alkyl halides is 3. The van der Waals surface area contributed by atoms with Gasteiger partial charge in [-0.15, -0.1) is 0 Å². The highest BCUT2D eigenvalue weighted by molar-refractivity contribution is 7.92. The summed E-state index contributed by atoms with van der Waals surface area (Å²) in [6.45, 7) is 0. The molecule has 20 heavy (non-hydrogen) atoms. The molecular formula is C12H9F3N2O2S. The summed E-state index contributed by atoms with van der Waals surface area (Å²) in [4.78, 5) is 3.34. The molecule has 0 aliphatic heterocycles. The van der Waals surface area contributed by atoms with Crippen molar-refractivity contribution in [2.24, 2.45) is 0 Å². The monoisotopic (exact) mass is 302 g/mol. The molecule has 0 bridgehead atoms. The molecule has 1 N–H and O–H groups in total. The number of benzene rings is 1. The van der Waals surface area contributed by atoms with Crippen molar-refractivity contribution in [3.05, 3.63) is 54.2 Å². The number of halogens is 3. The molecule has 0 aliphatic carbocycles. The van der Waals surface area contributed by atoms with Crippen LogP contribution in [0, 0.1) is 0 Å². The van der Waals surface area contributed by atoms with Gasteiger partial charge in [0.1, 0.15) is 0 Å². The van der Waals surface area contributed by atoms with Crippen molar-refractivity contribution in [2.45, 2.75) is 11.2 Å². The highest BCUT2D eigenvalue weighted by Gasteiger charge is 2.31. The van der Waals surface area contributed by atoms with Gasteiger partial charge in [-0.05, 0) is 24.3 Å². The lowest BCUT2D eigenvalue weighted by Gasteiger charge is -2.09. The second-order valence-corrected chi connectivity index (χ2v) is 5.48. The van der Waals surface area contributed by atoms with Crippen LogP contribution in [-0.2, 0) is 16.2 Å². The average Bonchev–Trinajstić information content (AvgIpc) is 2.38. The zero-order chi connectivity index (χ0) is 14.8. The van der Waals surface area contributed by atoms with Gasteiger partial charge in [-0.25, -0.2) is 4.98 Å². The number of hydrogen-bond donors (Lipinski definition) is 1. The summed E-state index contributed by atoms with van der Waals surface area (Å²) in [5, 5.41) is -0.477. The van der Waals surface area contributed by atoms with E-state index in [0.29, 0.717) is 18.0 Å². The van der Waals surface area contributed by atoms with E-state index >= 15 is 0 Å². The van der Waals surface area contributed by atoms with E-state index in [1.54, 1.807) is 18.2 Å². The second-order valence-electron chi connectivity index (χ2n) is 3.85. The van der Waals surface area contributed by atoms with E-state index < -0.39 is 26.8 Å². The number of pyridine rings is 1. The van der Waals surface area contributed by atoms with Crippen LogP contribution >= 0.6 is 0 Å². The van der Waals surface area contributed by atoms with E-state index in [1.165, 1.54) is 12.1 Å². The Bertz CT molecular complexity index is 683. The van der Waals surface area contributed by atoms with E-state index in [-0.39, 0.29) is 0 Å². The van der Waals surface area contributed by atoms with Gasteiger partial charge in [0.15, 0.2) is 5.03 Å². The van der Waals surface area contributed by atoms with E-state index in [4.69, 9.17) is 0 Å². The number of sulfonamides is 1. The first-order valence-corrected chi connectivity index (χ1v) is 6.88. The highest BCUT2D eigenvalue weighted by Crippen LogP contribution is 2.28. The van der Waals surface area contributed by atoms with E-state index in [9.17, 15) is 21.6 Å². The molecule has 0 saturated heterocycles. The molecule has 1 aromatic carbocycles. The third-order valence-corrected chi connectivity index (χ3v) is 3.66. The molecule has 0 atom stereocenters. The van der Waals surface area contributed by atoms with Crippen LogP contribution in [0.15, 0.2) is 53.7 Å². The van der Waals surface area contributed by atoms with Crippen molar-refractivity contribution in [1.29, 1.82) is 0 Å². The molecule has 0 aliphatic rings. The minimum Gasteiger partial charge on any atom is -0.278 e. The number of anilines is 1. The third kappa shape index (κ3) is 3.27. The van der Waals surface area contributed by atoms with E-state index in [0.717, 1.165) is 6.07 Å². The summed E-state index contributed by atoms with van der Waals surface area (Å²) in [5.41, 5.74) is -0.703.